The van der Waals surface area contributed by atoms with Gasteiger partial charge in [-0.05, 0) is 56.8 Å². The minimum absolute atomic E-state index is 0.763. The highest BCUT2D eigenvalue weighted by Gasteiger charge is 2.13. The summed E-state index contributed by atoms with van der Waals surface area (Å²) >= 11 is 1.84. The Bertz CT molecular complexity index is 543. The summed E-state index contributed by atoms with van der Waals surface area (Å²) in [6.07, 6.45) is 5.26. The molecule has 0 amide bonds. The van der Waals surface area contributed by atoms with E-state index in [9.17, 15) is 0 Å². The quantitative estimate of drug-likeness (QED) is 0.648. The summed E-state index contributed by atoms with van der Waals surface area (Å²) in [5, 5.41) is 4.61. The van der Waals surface area contributed by atoms with Crippen molar-refractivity contribution < 1.29 is 0 Å². The van der Waals surface area contributed by atoms with Crippen LogP contribution in [0.2, 0.25) is 0 Å². The lowest BCUT2D eigenvalue weighted by Crippen LogP contribution is -2.20. The predicted octanol–water partition coefficient (Wildman–Crippen LogP) is 3.50. The van der Waals surface area contributed by atoms with Gasteiger partial charge in [-0.15, -0.1) is 0 Å². The third kappa shape index (κ3) is 3.31. The molecule has 1 unspecified atom stereocenters. The zero-order valence-electron chi connectivity index (χ0n) is 11.4. The molecule has 1 aromatic heterocycles. The highest BCUT2D eigenvalue weighted by atomic mass is 32.2. The van der Waals surface area contributed by atoms with E-state index in [-0.39, 0.29) is 0 Å². The van der Waals surface area contributed by atoms with Gasteiger partial charge < -0.3 is 10.3 Å². The van der Waals surface area contributed by atoms with E-state index < -0.39 is 0 Å². The summed E-state index contributed by atoms with van der Waals surface area (Å²) in [5.41, 5.74) is 3.51. The smallest absolute Gasteiger partial charge is 0.166 e. The Kier molecular flexibility index (Phi) is 4.09. The molecule has 0 radical (unpaired) electrons. The molecule has 0 aliphatic carbocycles. The average molecular weight is 275 g/mol. The van der Waals surface area contributed by atoms with Crippen molar-refractivity contribution in [1.82, 2.24) is 15.3 Å². The molecule has 1 aromatic carbocycles. The topological polar surface area (TPSA) is 40.7 Å². The van der Waals surface area contributed by atoms with Crippen molar-refractivity contribution in [3.8, 4) is 0 Å². The van der Waals surface area contributed by atoms with Gasteiger partial charge in [-0.2, -0.15) is 0 Å². The van der Waals surface area contributed by atoms with Crippen molar-refractivity contribution in [3.63, 3.8) is 0 Å². The van der Waals surface area contributed by atoms with E-state index in [4.69, 9.17) is 0 Å². The van der Waals surface area contributed by atoms with Crippen LogP contribution >= 0.6 is 11.8 Å². The Hall–Kier alpha value is -1.00. The zero-order valence-corrected chi connectivity index (χ0v) is 12.2. The number of benzene rings is 1. The fourth-order valence-corrected chi connectivity index (χ4v) is 3.52. The first-order valence-corrected chi connectivity index (χ1v) is 8.12. The molecule has 2 N–H and O–H groups in total. The second kappa shape index (κ2) is 5.97. The lowest BCUT2D eigenvalue weighted by molar-refractivity contribution is 0.553. The fourth-order valence-electron chi connectivity index (χ4n) is 2.67. The van der Waals surface area contributed by atoms with Crippen molar-refractivity contribution in [3.05, 3.63) is 23.8 Å². The van der Waals surface area contributed by atoms with E-state index >= 15 is 0 Å². The Morgan fingerprint density at radius 2 is 2.37 bits per heavy atom. The van der Waals surface area contributed by atoms with Crippen LogP contribution in [-0.2, 0) is 0 Å². The number of hydrogen-bond acceptors (Lipinski definition) is 3. The zero-order chi connectivity index (χ0) is 13.1. The lowest BCUT2D eigenvalue weighted by Gasteiger charge is -2.08. The Morgan fingerprint density at radius 3 is 3.21 bits per heavy atom. The van der Waals surface area contributed by atoms with Crippen molar-refractivity contribution in [1.29, 1.82) is 0 Å². The van der Waals surface area contributed by atoms with E-state index in [1.807, 2.05) is 11.8 Å². The summed E-state index contributed by atoms with van der Waals surface area (Å²) in [6.45, 7) is 3.32. The number of rotatable bonds is 5. The molecule has 1 aliphatic rings. The first kappa shape index (κ1) is 13.0. The van der Waals surface area contributed by atoms with Gasteiger partial charge in [0.15, 0.2) is 5.16 Å². The Morgan fingerprint density at radius 1 is 1.42 bits per heavy atom. The van der Waals surface area contributed by atoms with Crippen LogP contribution in [0.5, 0.6) is 0 Å². The molecule has 1 atom stereocenters. The number of aromatic amines is 1. The number of aryl methyl sites for hydroxylation is 1. The normalized spacial score (nSPS) is 19.3. The molecule has 0 bridgehead atoms. The molecule has 2 heterocycles. The van der Waals surface area contributed by atoms with E-state index in [0.29, 0.717) is 0 Å². The van der Waals surface area contributed by atoms with Crippen molar-refractivity contribution >= 4 is 22.8 Å². The van der Waals surface area contributed by atoms with Gasteiger partial charge in [0.1, 0.15) is 0 Å². The van der Waals surface area contributed by atoms with E-state index in [0.717, 1.165) is 28.0 Å². The molecular formula is C15H21N3S. The van der Waals surface area contributed by atoms with Crippen molar-refractivity contribution in [2.45, 2.75) is 43.8 Å². The molecule has 2 aromatic rings. The van der Waals surface area contributed by atoms with Crippen LogP contribution in [0.25, 0.3) is 11.0 Å². The number of fused-ring (bicyclic) bond motifs is 1. The van der Waals surface area contributed by atoms with Gasteiger partial charge in [0.2, 0.25) is 0 Å². The number of nitrogens with zero attached hydrogens (tertiary/aromatic N) is 1. The van der Waals surface area contributed by atoms with Gasteiger partial charge >= 0.3 is 0 Å². The largest absolute Gasteiger partial charge is 0.333 e. The van der Waals surface area contributed by atoms with Gasteiger partial charge in [0.05, 0.1) is 11.0 Å². The van der Waals surface area contributed by atoms with Gasteiger partial charge in [-0.1, -0.05) is 17.8 Å². The summed E-state index contributed by atoms with van der Waals surface area (Å²) in [4.78, 5) is 8.02. The average Bonchev–Trinajstić information content (AvgIpc) is 3.02. The molecular weight excluding hydrogens is 254 g/mol. The summed E-state index contributed by atoms with van der Waals surface area (Å²) in [6, 6.07) is 7.13. The fraction of sp³-hybridized carbons (Fsp3) is 0.533. The molecule has 3 rings (SSSR count). The monoisotopic (exact) mass is 275 g/mol. The van der Waals surface area contributed by atoms with Gasteiger partial charge in [0, 0.05) is 11.8 Å². The number of thioether (sulfide) groups is 1. The maximum atomic E-state index is 4.61. The minimum Gasteiger partial charge on any atom is -0.333 e. The standard InChI is InChI=1S/C15H21N3S/c1-11-6-7-13-14(10-11)18-15(17-13)19-9-3-5-12-4-2-8-16-12/h6-7,10,12,16H,2-5,8-9H2,1H3,(H,17,18). The highest BCUT2D eigenvalue weighted by molar-refractivity contribution is 7.99. The predicted molar refractivity (Wildman–Crippen MR) is 81.8 cm³/mol. The summed E-state index contributed by atoms with van der Waals surface area (Å²) in [5.74, 6) is 1.15. The molecule has 3 nitrogen and oxygen atoms in total. The van der Waals surface area contributed by atoms with E-state index in [1.54, 1.807) is 0 Å². The number of hydrogen-bond donors (Lipinski definition) is 2. The van der Waals surface area contributed by atoms with Crippen LogP contribution in [0, 0.1) is 6.92 Å². The molecule has 1 aliphatic heterocycles. The van der Waals surface area contributed by atoms with E-state index in [2.05, 4.69) is 40.4 Å². The van der Waals surface area contributed by atoms with Gasteiger partial charge in [-0.25, -0.2) is 4.98 Å². The Labute approximate surface area is 118 Å². The molecule has 1 fully saturated rings. The van der Waals surface area contributed by atoms with Crippen LogP contribution in [0.15, 0.2) is 23.4 Å². The van der Waals surface area contributed by atoms with Crippen molar-refractivity contribution in [2.75, 3.05) is 12.3 Å². The van der Waals surface area contributed by atoms with E-state index in [1.165, 1.54) is 37.8 Å². The Balaban J connectivity index is 1.50. The van der Waals surface area contributed by atoms with Crippen molar-refractivity contribution in [2.24, 2.45) is 0 Å². The number of aromatic nitrogens is 2. The maximum absolute atomic E-state index is 4.61. The third-order valence-corrected chi connectivity index (χ3v) is 4.67. The first-order chi connectivity index (χ1) is 9.31. The second-order valence-corrected chi connectivity index (χ2v) is 6.43. The first-order valence-electron chi connectivity index (χ1n) is 7.14. The van der Waals surface area contributed by atoms with Gasteiger partial charge in [0.25, 0.3) is 0 Å². The lowest BCUT2D eigenvalue weighted by atomic mass is 10.1. The molecule has 102 valence electrons. The minimum atomic E-state index is 0.763. The SMILES string of the molecule is Cc1ccc2nc(SCCCC3CCCN3)[nH]c2c1. The molecule has 0 saturated carbocycles. The molecule has 19 heavy (non-hydrogen) atoms. The maximum Gasteiger partial charge on any atom is 0.166 e. The molecule has 0 spiro atoms. The third-order valence-electron chi connectivity index (χ3n) is 3.71. The molecule has 1 saturated heterocycles. The number of H-pyrrole nitrogens is 1. The number of imidazole rings is 1. The summed E-state index contributed by atoms with van der Waals surface area (Å²) in [7, 11) is 0. The van der Waals surface area contributed by atoms with Crippen LogP contribution < -0.4 is 5.32 Å². The van der Waals surface area contributed by atoms with Crippen LogP contribution in [0.1, 0.15) is 31.2 Å². The van der Waals surface area contributed by atoms with Crippen LogP contribution in [-0.4, -0.2) is 28.3 Å². The molecule has 4 heteroatoms. The second-order valence-electron chi connectivity index (χ2n) is 5.35. The highest BCUT2D eigenvalue weighted by Crippen LogP contribution is 2.22. The van der Waals surface area contributed by atoms with Gasteiger partial charge in [-0.3, -0.25) is 0 Å². The number of nitrogens with one attached hydrogen (secondary N) is 2. The van der Waals surface area contributed by atoms with Crippen LogP contribution in [0.4, 0.5) is 0 Å². The summed E-state index contributed by atoms with van der Waals surface area (Å²) < 4.78 is 0. The van der Waals surface area contributed by atoms with Crippen LogP contribution in [0.3, 0.4) is 0 Å².